The molecule has 0 atom stereocenters. The lowest BCUT2D eigenvalue weighted by atomic mass is 9.75. The fourth-order valence-corrected chi connectivity index (χ4v) is 4.88. The van der Waals surface area contributed by atoms with E-state index < -0.39 is 5.54 Å². The van der Waals surface area contributed by atoms with Crippen LogP contribution in [0, 0.1) is 18.3 Å². The highest BCUT2D eigenvalue weighted by Crippen LogP contribution is 2.47. The first-order valence-electron chi connectivity index (χ1n) is 11.0. The first-order valence-corrected chi connectivity index (χ1v) is 11.4. The van der Waals surface area contributed by atoms with E-state index in [0.29, 0.717) is 22.8 Å². The van der Waals surface area contributed by atoms with Crippen molar-refractivity contribution >= 4 is 40.6 Å². The molecule has 0 bridgehead atoms. The molecule has 2 aliphatic rings. The third kappa shape index (κ3) is 4.10. The minimum Gasteiger partial charge on any atom is -0.463 e. The molecule has 1 N–H and O–H groups in total. The second-order valence-corrected chi connectivity index (χ2v) is 8.73. The van der Waals surface area contributed by atoms with Crippen LogP contribution in [0.25, 0.3) is 0 Å². The summed E-state index contributed by atoms with van der Waals surface area (Å²) < 4.78 is 4.89. The van der Waals surface area contributed by atoms with E-state index in [2.05, 4.69) is 6.07 Å². The van der Waals surface area contributed by atoms with Crippen LogP contribution >= 0.6 is 12.2 Å². The number of hydrogen-bond donors (Lipinski definition) is 1. The summed E-state index contributed by atoms with van der Waals surface area (Å²) in [5.74, 6) is -0.375. The van der Waals surface area contributed by atoms with Crippen LogP contribution in [0.2, 0.25) is 0 Å². The smallest absolute Gasteiger partial charge is 0.306 e. The van der Waals surface area contributed by atoms with Crippen molar-refractivity contribution in [2.24, 2.45) is 0 Å². The molecule has 1 aliphatic heterocycles. The summed E-state index contributed by atoms with van der Waals surface area (Å²) in [6.07, 6.45) is 3.18. The Balaban J connectivity index is 1.56. The van der Waals surface area contributed by atoms with Crippen molar-refractivity contribution in [1.29, 1.82) is 5.26 Å². The molecule has 1 amide bonds. The molecule has 2 fully saturated rings. The van der Waals surface area contributed by atoms with Crippen molar-refractivity contribution in [3.63, 3.8) is 0 Å². The topological polar surface area (TPSA) is 93.9 Å². The molecule has 1 spiro atoms. The van der Waals surface area contributed by atoms with E-state index >= 15 is 0 Å². The Labute approximate surface area is 198 Å². The number of nitrogens with zero attached hydrogens (tertiary/aromatic N) is 3. The van der Waals surface area contributed by atoms with Gasteiger partial charge in [-0.25, -0.2) is 0 Å². The van der Waals surface area contributed by atoms with E-state index in [1.807, 2.05) is 42.2 Å². The molecule has 1 saturated heterocycles. The molecular weight excluding hydrogens is 438 g/mol. The maximum atomic E-state index is 13.6. The number of ether oxygens (including phenoxy) is 1. The van der Waals surface area contributed by atoms with Crippen LogP contribution in [0.15, 0.2) is 42.5 Å². The van der Waals surface area contributed by atoms with Gasteiger partial charge in [-0.2, -0.15) is 5.26 Å². The second-order valence-electron chi connectivity index (χ2n) is 8.37. The van der Waals surface area contributed by atoms with Crippen molar-refractivity contribution in [2.45, 2.75) is 44.6 Å². The average molecular weight is 464 g/mol. The monoisotopic (exact) mass is 463 g/mol. The number of aliphatic hydroxyl groups excluding tert-OH is 1. The van der Waals surface area contributed by atoms with E-state index in [0.717, 1.165) is 36.1 Å². The average Bonchev–Trinajstić information content (AvgIpc) is 3.03. The van der Waals surface area contributed by atoms with E-state index in [9.17, 15) is 14.9 Å². The molecule has 4 rings (SSSR count). The van der Waals surface area contributed by atoms with Crippen LogP contribution in [-0.4, -0.2) is 40.8 Å². The van der Waals surface area contributed by atoms with Gasteiger partial charge in [-0.05, 0) is 86.3 Å². The summed E-state index contributed by atoms with van der Waals surface area (Å²) in [5, 5.41) is 18.4. The number of aryl methyl sites for hydroxylation is 2. The van der Waals surface area contributed by atoms with Gasteiger partial charge in [0, 0.05) is 12.1 Å². The quantitative estimate of drug-likeness (QED) is 0.497. The number of esters is 1. The van der Waals surface area contributed by atoms with Crippen molar-refractivity contribution in [2.75, 3.05) is 23.0 Å². The zero-order valence-electron chi connectivity index (χ0n) is 18.4. The van der Waals surface area contributed by atoms with Gasteiger partial charge in [-0.15, -0.1) is 0 Å². The van der Waals surface area contributed by atoms with Crippen LogP contribution in [0.1, 0.15) is 42.4 Å². The Morgan fingerprint density at radius 2 is 1.91 bits per heavy atom. The Morgan fingerprint density at radius 1 is 1.21 bits per heavy atom. The summed E-state index contributed by atoms with van der Waals surface area (Å²) in [7, 11) is 0. The number of aliphatic hydroxyl groups is 1. The highest BCUT2D eigenvalue weighted by molar-refractivity contribution is 7.81. The first kappa shape index (κ1) is 22.9. The van der Waals surface area contributed by atoms with Crippen LogP contribution in [-0.2, 0) is 20.7 Å². The Bertz CT molecular complexity index is 1140. The third-order valence-electron chi connectivity index (χ3n) is 6.35. The Morgan fingerprint density at radius 3 is 2.48 bits per heavy atom. The molecule has 8 heteroatoms. The van der Waals surface area contributed by atoms with E-state index in [4.69, 9.17) is 22.1 Å². The predicted molar refractivity (Wildman–Crippen MR) is 128 cm³/mol. The molecule has 170 valence electrons. The number of rotatable bonds is 7. The SMILES string of the molecule is Cc1cc(N2C(=O)C3(CCC3)N(c3ccc(CCC(=O)OCCO)cc3)C2=S)ccc1C#N. The largest absolute Gasteiger partial charge is 0.463 e. The number of anilines is 2. The number of carbonyl (C=O) groups is 2. The van der Waals surface area contributed by atoms with Gasteiger partial charge in [0.05, 0.1) is 23.9 Å². The fraction of sp³-hybridized carbons (Fsp3) is 0.360. The minimum absolute atomic E-state index is 0.00948. The summed E-state index contributed by atoms with van der Waals surface area (Å²) in [5.41, 5.74) is 3.18. The summed E-state index contributed by atoms with van der Waals surface area (Å²) in [4.78, 5) is 28.8. The van der Waals surface area contributed by atoms with Crippen molar-refractivity contribution < 1.29 is 19.4 Å². The molecule has 1 heterocycles. The Kier molecular flexibility index (Phi) is 6.45. The molecule has 7 nitrogen and oxygen atoms in total. The fourth-order valence-electron chi connectivity index (χ4n) is 4.41. The van der Waals surface area contributed by atoms with Gasteiger partial charge in [-0.3, -0.25) is 14.5 Å². The van der Waals surface area contributed by atoms with Crippen LogP contribution in [0.3, 0.4) is 0 Å². The van der Waals surface area contributed by atoms with Crippen LogP contribution in [0.4, 0.5) is 11.4 Å². The van der Waals surface area contributed by atoms with Crippen LogP contribution < -0.4 is 9.80 Å². The van der Waals surface area contributed by atoms with Gasteiger partial charge >= 0.3 is 5.97 Å². The number of benzene rings is 2. The number of hydrogen-bond acceptors (Lipinski definition) is 6. The maximum Gasteiger partial charge on any atom is 0.306 e. The summed E-state index contributed by atoms with van der Waals surface area (Å²) >= 11 is 5.80. The van der Waals surface area contributed by atoms with Gasteiger partial charge in [0.2, 0.25) is 0 Å². The van der Waals surface area contributed by atoms with E-state index in [-0.39, 0.29) is 31.5 Å². The molecule has 1 aliphatic carbocycles. The maximum absolute atomic E-state index is 13.6. The molecule has 2 aromatic carbocycles. The standard InChI is InChI=1S/C25H25N3O4S/c1-17-15-21(9-6-19(17)16-26)27-23(31)25(11-2-12-25)28(24(27)33)20-7-3-18(4-8-20)5-10-22(30)32-14-13-29/h3-4,6-9,15,29H,2,5,10-14H2,1H3. The molecule has 2 aromatic rings. The lowest BCUT2D eigenvalue weighted by Gasteiger charge is -2.43. The molecule has 0 radical (unpaired) electrons. The van der Waals surface area contributed by atoms with Crippen molar-refractivity contribution in [1.82, 2.24) is 0 Å². The number of amides is 1. The van der Waals surface area contributed by atoms with Crippen molar-refractivity contribution in [3.8, 4) is 6.07 Å². The minimum atomic E-state index is -0.672. The van der Waals surface area contributed by atoms with E-state index in [1.54, 1.807) is 17.0 Å². The lowest BCUT2D eigenvalue weighted by Crippen LogP contribution is -2.55. The highest BCUT2D eigenvalue weighted by atomic mass is 32.1. The number of carbonyl (C=O) groups excluding carboxylic acids is 2. The van der Waals surface area contributed by atoms with Gasteiger partial charge in [-0.1, -0.05) is 12.1 Å². The normalized spacial score (nSPS) is 16.6. The zero-order valence-corrected chi connectivity index (χ0v) is 19.2. The predicted octanol–water partition coefficient (Wildman–Crippen LogP) is 3.40. The molecule has 33 heavy (non-hydrogen) atoms. The molecule has 0 unspecified atom stereocenters. The molecule has 1 saturated carbocycles. The van der Waals surface area contributed by atoms with E-state index in [1.165, 1.54) is 0 Å². The molecular formula is C25H25N3O4S. The van der Waals surface area contributed by atoms with Gasteiger partial charge in [0.15, 0.2) is 5.11 Å². The highest BCUT2D eigenvalue weighted by Gasteiger charge is 2.59. The summed E-state index contributed by atoms with van der Waals surface area (Å²) in [6, 6.07) is 15.2. The number of nitriles is 1. The van der Waals surface area contributed by atoms with Crippen molar-refractivity contribution in [3.05, 3.63) is 59.2 Å². The Hall–Kier alpha value is -3.28. The molecule has 0 aromatic heterocycles. The lowest BCUT2D eigenvalue weighted by molar-refractivity contribution is -0.144. The summed E-state index contributed by atoms with van der Waals surface area (Å²) in [6.45, 7) is 1.67. The zero-order chi connectivity index (χ0) is 23.6. The third-order valence-corrected chi connectivity index (χ3v) is 6.71. The van der Waals surface area contributed by atoms with Gasteiger partial charge in [0.1, 0.15) is 12.1 Å². The number of thiocarbonyl (C=S) groups is 1. The second kappa shape index (κ2) is 9.30. The first-order chi connectivity index (χ1) is 15.9. The van der Waals surface area contributed by atoms with Crippen LogP contribution in [0.5, 0.6) is 0 Å². The van der Waals surface area contributed by atoms with Gasteiger partial charge < -0.3 is 14.7 Å². The van der Waals surface area contributed by atoms with Gasteiger partial charge in [0.25, 0.3) is 5.91 Å².